The van der Waals surface area contributed by atoms with Crippen molar-refractivity contribution in [1.82, 2.24) is 10.2 Å². The second-order valence-electron chi connectivity index (χ2n) is 6.82. The molecule has 1 aliphatic rings. The zero-order chi connectivity index (χ0) is 18.2. The van der Waals surface area contributed by atoms with E-state index in [1.807, 2.05) is 49.1 Å². The number of amides is 1. The van der Waals surface area contributed by atoms with E-state index in [4.69, 9.17) is 4.74 Å². The highest BCUT2D eigenvalue weighted by Gasteiger charge is 2.33. The lowest BCUT2D eigenvalue weighted by atomic mass is 9.88. The normalized spacial score (nSPS) is 20.5. The summed E-state index contributed by atoms with van der Waals surface area (Å²) in [5, 5.41) is 12.1. The van der Waals surface area contributed by atoms with Gasteiger partial charge in [-0.2, -0.15) is 0 Å². The zero-order valence-electron chi connectivity index (χ0n) is 15.0. The number of nitrogens with one attached hydrogen (secondary N) is 1. The molecule has 2 rings (SSSR count). The lowest BCUT2D eigenvalue weighted by Crippen LogP contribution is -2.56. The molecule has 0 radical (unpaired) electrons. The minimum absolute atomic E-state index is 0.0143. The number of hydrogen-bond donors (Lipinski definition) is 2. The Bertz CT molecular complexity index is 562. The highest BCUT2D eigenvalue weighted by molar-refractivity contribution is 5.69. The summed E-state index contributed by atoms with van der Waals surface area (Å²) >= 11 is 0. The number of benzene rings is 1. The molecule has 0 unspecified atom stereocenters. The van der Waals surface area contributed by atoms with E-state index in [0.717, 1.165) is 31.2 Å². The minimum Gasteiger partial charge on any atom is -0.480 e. The summed E-state index contributed by atoms with van der Waals surface area (Å²) in [6.07, 6.45) is 3.35. The summed E-state index contributed by atoms with van der Waals surface area (Å²) in [6.45, 7) is 4.19. The van der Waals surface area contributed by atoms with Gasteiger partial charge >= 0.3 is 12.1 Å². The Morgan fingerprint density at radius 2 is 1.92 bits per heavy atom. The molecular formula is C19H28N2O4. The summed E-state index contributed by atoms with van der Waals surface area (Å²) < 4.78 is 5.32. The predicted octanol–water partition coefficient (Wildman–Crippen LogP) is 3.02. The van der Waals surface area contributed by atoms with Crippen LogP contribution in [0, 0.1) is 0 Å². The van der Waals surface area contributed by atoms with Gasteiger partial charge in [0.05, 0.1) is 6.54 Å². The Balaban J connectivity index is 1.94. The maximum absolute atomic E-state index is 12.2. The SMILES string of the molecule is CC(C)N(CC(=O)O)[C@@H]1CCCC[C@@H]1NC(=O)OCc1ccccc1. The van der Waals surface area contributed by atoms with Crippen LogP contribution >= 0.6 is 0 Å². The molecule has 1 amide bonds. The van der Waals surface area contributed by atoms with Crippen molar-refractivity contribution in [3.63, 3.8) is 0 Å². The molecule has 1 fully saturated rings. The van der Waals surface area contributed by atoms with Crippen LogP contribution in [0.3, 0.4) is 0 Å². The van der Waals surface area contributed by atoms with Crippen LogP contribution in [0.5, 0.6) is 0 Å². The Kier molecular flexibility index (Phi) is 7.25. The highest BCUT2D eigenvalue weighted by atomic mass is 16.5. The molecule has 2 N–H and O–H groups in total. The largest absolute Gasteiger partial charge is 0.480 e. The third-order valence-corrected chi connectivity index (χ3v) is 4.65. The van der Waals surface area contributed by atoms with Gasteiger partial charge in [-0.1, -0.05) is 43.2 Å². The Hall–Kier alpha value is -2.08. The Labute approximate surface area is 149 Å². The molecule has 1 aliphatic carbocycles. The van der Waals surface area contributed by atoms with Gasteiger partial charge in [0.25, 0.3) is 0 Å². The van der Waals surface area contributed by atoms with Gasteiger partial charge in [0.2, 0.25) is 0 Å². The van der Waals surface area contributed by atoms with Crippen molar-refractivity contribution in [3.8, 4) is 0 Å². The van der Waals surface area contributed by atoms with Gasteiger partial charge in [-0.3, -0.25) is 9.69 Å². The van der Waals surface area contributed by atoms with Gasteiger partial charge in [0.1, 0.15) is 6.61 Å². The van der Waals surface area contributed by atoms with Crippen molar-refractivity contribution in [2.24, 2.45) is 0 Å². The predicted molar refractivity (Wildman–Crippen MR) is 95.3 cm³/mol. The molecule has 1 aromatic carbocycles. The fourth-order valence-electron chi connectivity index (χ4n) is 3.43. The third-order valence-electron chi connectivity index (χ3n) is 4.65. The Morgan fingerprint density at radius 3 is 2.56 bits per heavy atom. The fourth-order valence-corrected chi connectivity index (χ4v) is 3.43. The number of ether oxygens (including phenoxy) is 1. The first-order chi connectivity index (χ1) is 12.0. The molecule has 2 atom stereocenters. The number of aliphatic carboxylic acids is 1. The molecule has 138 valence electrons. The van der Waals surface area contributed by atoms with Crippen molar-refractivity contribution in [3.05, 3.63) is 35.9 Å². The monoisotopic (exact) mass is 348 g/mol. The number of alkyl carbamates (subject to hydrolysis) is 1. The van der Waals surface area contributed by atoms with E-state index in [1.54, 1.807) is 0 Å². The zero-order valence-corrected chi connectivity index (χ0v) is 15.0. The summed E-state index contributed by atoms with van der Waals surface area (Å²) in [4.78, 5) is 25.3. The Morgan fingerprint density at radius 1 is 1.24 bits per heavy atom. The number of rotatable bonds is 7. The summed E-state index contributed by atoms with van der Waals surface area (Å²) in [5.41, 5.74) is 0.938. The van der Waals surface area contributed by atoms with E-state index in [0.29, 0.717) is 0 Å². The molecule has 0 aliphatic heterocycles. The number of carbonyl (C=O) groups excluding carboxylic acids is 1. The second kappa shape index (κ2) is 9.42. The molecule has 0 saturated heterocycles. The van der Waals surface area contributed by atoms with Gasteiger partial charge < -0.3 is 15.2 Å². The summed E-state index contributed by atoms with van der Waals surface area (Å²) in [7, 11) is 0. The van der Waals surface area contributed by atoms with Crippen LogP contribution in [0.1, 0.15) is 45.1 Å². The van der Waals surface area contributed by atoms with Crippen molar-refractivity contribution in [2.45, 2.75) is 64.3 Å². The number of hydrogen-bond acceptors (Lipinski definition) is 4. The minimum atomic E-state index is -0.843. The number of nitrogens with zero attached hydrogens (tertiary/aromatic N) is 1. The van der Waals surface area contributed by atoms with Crippen LogP contribution in [-0.2, 0) is 16.1 Å². The lowest BCUT2D eigenvalue weighted by Gasteiger charge is -2.41. The van der Waals surface area contributed by atoms with Crippen molar-refractivity contribution < 1.29 is 19.4 Å². The quantitative estimate of drug-likeness (QED) is 0.792. The van der Waals surface area contributed by atoms with E-state index in [1.165, 1.54) is 0 Å². The first kappa shape index (κ1) is 19.2. The third kappa shape index (κ3) is 6.05. The lowest BCUT2D eigenvalue weighted by molar-refractivity contribution is -0.139. The average Bonchev–Trinajstić information content (AvgIpc) is 2.59. The highest BCUT2D eigenvalue weighted by Crippen LogP contribution is 2.25. The van der Waals surface area contributed by atoms with Gasteiger partial charge in [-0.15, -0.1) is 0 Å². The first-order valence-corrected chi connectivity index (χ1v) is 8.92. The van der Waals surface area contributed by atoms with Crippen LogP contribution < -0.4 is 5.32 Å². The molecular weight excluding hydrogens is 320 g/mol. The second-order valence-corrected chi connectivity index (χ2v) is 6.82. The molecule has 1 aromatic rings. The summed E-state index contributed by atoms with van der Waals surface area (Å²) in [6, 6.07) is 9.57. The molecule has 6 nitrogen and oxygen atoms in total. The van der Waals surface area contributed by atoms with Crippen molar-refractivity contribution in [1.29, 1.82) is 0 Å². The number of carboxylic acid groups (broad SMARTS) is 1. The van der Waals surface area contributed by atoms with Gasteiger partial charge in [0, 0.05) is 18.1 Å². The molecule has 25 heavy (non-hydrogen) atoms. The van der Waals surface area contributed by atoms with E-state index in [2.05, 4.69) is 5.32 Å². The van der Waals surface area contributed by atoms with Crippen LogP contribution in [0.15, 0.2) is 30.3 Å². The van der Waals surface area contributed by atoms with Crippen LogP contribution in [-0.4, -0.2) is 46.7 Å². The maximum atomic E-state index is 12.2. The van der Waals surface area contributed by atoms with E-state index < -0.39 is 12.1 Å². The van der Waals surface area contributed by atoms with Gasteiger partial charge in [-0.05, 0) is 32.3 Å². The maximum Gasteiger partial charge on any atom is 0.407 e. The van der Waals surface area contributed by atoms with E-state index >= 15 is 0 Å². The molecule has 0 spiro atoms. The van der Waals surface area contributed by atoms with Crippen LogP contribution in [0.25, 0.3) is 0 Å². The van der Waals surface area contributed by atoms with E-state index in [-0.39, 0.29) is 31.3 Å². The van der Waals surface area contributed by atoms with Gasteiger partial charge in [-0.25, -0.2) is 4.79 Å². The smallest absolute Gasteiger partial charge is 0.407 e. The fraction of sp³-hybridized carbons (Fsp3) is 0.579. The number of carboxylic acids is 1. The molecule has 1 saturated carbocycles. The van der Waals surface area contributed by atoms with Crippen LogP contribution in [0.4, 0.5) is 4.79 Å². The topological polar surface area (TPSA) is 78.9 Å². The average molecular weight is 348 g/mol. The molecule has 0 aromatic heterocycles. The number of carbonyl (C=O) groups is 2. The summed E-state index contributed by atoms with van der Waals surface area (Å²) in [5.74, 6) is -0.843. The standard InChI is InChI=1S/C19H28N2O4/c1-14(2)21(12-18(22)23)17-11-7-6-10-16(17)20-19(24)25-13-15-8-4-3-5-9-15/h3-5,8-9,14,16-17H,6-7,10-13H2,1-2H3,(H,20,24)(H,22,23)/t16-,17+/m0/s1. The van der Waals surface area contributed by atoms with E-state index in [9.17, 15) is 14.7 Å². The first-order valence-electron chi connectivity index (χ1n) is 8.92. The molecule has 0 bridgehead atoms. The van der Waals surface area contributed by atoms with Crippen molar-refractivity contribution in [2.75, 3.05) is 6.54 Å². The van der Waals surface area contributed by atoms with Gasteiger partial charge in [0.15, 0.2) is 0 Å². The van der Waals surface area contributed by atoms with Crippen molar-refractivity contribution >= 4 is 12.1 Å². The molecule has 0 heterocycles. The van der Waals surface area contributed by atoms with Crippen LogP contribution in [0.2, 0.25) is 0 Å². The molecule has 6 heteroatoms.